The van der Waals surface area contributed by atoms with Crippen molar-refractivity contribution in [2.24, 2.45) is 0 Å². The van der Waals surface area contributed by atoms with Gasteiger partial charge in [0, 0.05) is 19.3 Å². The molecule has 0 aliphatic carbocycles. The average molecular weight is 1120 g/mol. The second kappa shape index (κ2) is 68.9. The summed E-state index contributed by atoms with van der Waals surface area (Å²) in [5.41, 5.74) is 0. The summed E-state index contributed by atoms with van der Waals surface area (Å²) >= 11 is 0. The number of hydrogen-bond acceptors (Lipinski definition) is 6. The van der Waals surface area contributed by atoms with Gasteiger partial charge in [-0.25, -0.2) is 0 Å². The number of rotatable bonds is 66. The van der Waals surface area contributed by atoms with E-state index in [4.69, 9.17) is 14.2 Å². The highest BCUT2D eigenvalue weighted by molar-refractivity contribution is 5.71. The first-order valence-corrected chi connectivity index (χ1v) is 35.6. The number of carbonyl (C=O) groups excluding carboxylic acids is 3. The highest BCUT2D eigenvalue weighted by Gasteiger charge is 2.19. The van der Waals surface area contributed by atoms with E-state index in [0.29, 0.717) is 19.3 Å². The zero-order valence-electron chi connectivity index (χ0n) is 53.9. The van der Waals surface area contributed by atoms with Crippen LogP contribution in [0.5, 0.6) is 0 Å². The van der Waals surface area contributed by atoms with Crippen LogP contribution in [0.25, 0.3) is 0 Å². The van der Waals surface area contributed by atoms with E-state index in [2.05, 4.69) is 69.4 Å². The molecule has 0 fully saturated rings. The molecule has 0 N–H and O–H groups in total. The fraction of sp³-hybridized carbons (Fsp3) is 0.851. The summed E-state index contributed by atoms with van der Waals surface area (Å²) in [5.74, 6) is -0.841. The summed E-state index contributed by atoms with van der Waals surface area (Å²) in [4.78, 5) is 38.3. The molecule has 0 saturated carbocycles. The van der Waals surface area contributed by atoms with Crippen molar-refractivity contribution in [1.82, 2.24) is 0 Å². The molecule has 0 spiro atoms. The Hall–Kier alpha value is -2.63. The molecule has 0 aromatic heterocycles. The first kappa shape index (κ1) is 77.4. The largest absolute Gasteiger partial charge is 0.462 e. The number of ether oxygens (including phenoxy) is 3. The van der Waals surface area contributed by atoms with Crippen molar-refractivity contribution in [3.8, 4) is 0 Å². The van der Waals surface area contributed by atoms with Gasteiger partial charge in [-0.1, -0.05) is 358 Å². The second-order valence-electron chi connectivity index (χ2n) is 24.1. The molecule has 0 bridgehead atoms. The van der Waals surface area contributed by atoms with Crippen LogP contribution in [-0.4, -0.2) is 37.2 Å². The average Bonchev–Trinajstić information content (AvgIpc) is 3.46. The zero-order valence-corrected chi connectivity index (χ0v) is 53.9. The molecule has 6 nitrogen and oxygen atoms in total. The number of hydrogen-bond donors (Lipinski definition) is 0. The fourth-order valence-electron chi connectivity index (χ4n) is 10.8. The van der Waals surface area contributed by atoms with Crippen LogP contribution in [0.1, 0.15) is 387 Å². The molecule has 0 aromatic carbocycles. The molecule has 0 radical (unpaired) electrons. The summed E-state index contributed by atoms with van der Waals surface area (Å²) in [6.45, 7) is 6.59. The molecule has 80 heavy (non-hydrogen) atoms. The van der Waals surface area contributed by atoms with Crippen molar-refractivity contribution in [1.29, 1.82) is 0 Å². The van der Waals surface area contributed by atoms with Crippen LogP contribution in [0.4, 0.5) is 0 Å². The third kappa shape index (κ3) is 66.2. The smallest absolute Gasteiger partial charge is 0.306 e. The lowest BCUT2D eigenvalue weighted by molar-refractivity contribution is -0.167. The van der Waals surface area contributed by atoms with Gasteiger partial charge in [0.1, 0.15) is 13.2 Å². The quantitative estimate of drug-likeness (QED) is 0.0261. The van der Waals surface area contributed by atoms with Gasteiger partial charge < -0.3 is 14.2 Å². The molecule has 0 amide bonds. The third-order valence-electron chi connectivity index (χ3n) is 16.1. The van der Waals surface area contributed by atoms with Crippen molar-refractivity contribution in [2.45, 2.75) is 393 Å². The highest BCUT2D eigenvalue weighted by Crippen LogP contribution is 2.19. The van der Waals surface area contributed by atoms with E-state index in [0.717, 1.165) is 83.5 Å². The van der Waals surface area contributed by atoms with E-state index < -0.39 is 6.10 Å². The Morgan fingerprint density at radius 3 is 0.762 bits per heavy atom. The van der Waals surface area contributed by atoms with Crippen LogP contribution in [0, 0.1) is 0 Å². The molecular weight excluding hydrogens is 985 g/mol. The number of carbonyl (C=O) groups is 3. The molecule has 468 valence electrons. The van der Waals surface area contributed by atoms with E-state index in [9.17, 15) is 14.4 Å². The third-order valence-corrected chi connectivity index (χ3v) is 16.1. The maximum absolute atomic E-state index is 12.9. The van der Waals surface area contributed by atoms with Gasteiger partial charge >= 0.3 is 17.9 Å². The van der Waals surface area contributed by atoms with Gasteiger partial charge in [-0.15, -0.1) is 0 Å². The van der Waals surface area contributed by atoms with Gasteiger partial charge in [-0.3, -0.25) is 14.4 Å². The first-order chi connectivity index (χ1) is 39.5. The maximum Gasteiger partial charge on any atom is 0.306 e. The van der Waals surface area contributed by atoms with Gasteiger partial charge in [-0.2, -0.15) is 0 Å². The lowest BCUT2D eigenvalue weighted by Gasteiger charge is -2.18. The van der Waals surface area contributed by atoms with Crippen molar-refractivity contribution < 1.29 is 28.6 Å². The Labute approximate surface area is 498 Å². The summed E-state index contributed by atoms with van der Waals surface area (Å²) in [6.07, 6.45) is 87.3. The van der Waals surface area contributed by atoms with Crippen LogP contribution >= 0.6 is 0 Å². The van der Waals surface area contributed by atoms with Crippen molar-refractivity contribution in [2.75, 3.05) is 13.2 Å². The minimum Gasteiger partial charge on any atom is -0.462 e. The Kier molecular flexibility index (Phi) is 66.6. The second-order valence-corrected chi connectivity index (χ2v) is 24.1. The van der Waals surface area contributed by atoms with Crippen LogP contribution in [0.15, 0.2) is 48.6 Å². The number of unbranched alkanes of at least 4 members (excludes halogenated alkanes) is 47. The standard InChI is InChI=1S/C74H136O6/c1-4-7-10-13-16-19-22-24-26-28-30-32-34-36-37-39-40-42-44-46-48-50-52-55-58-61-64-67-73(76)79-70-71(69-78-72(75)66-63-60-57-54-21-18-15-12-9-6-3)80-74(77)68-65-62-59-56-53-51-49-47-45-43-41-38-35-33-31-29-27-25-23-20-17-14-11-8-5-2/h7,10,16,19,24,26,30,32,71H,4-6,8-9,11-15,17-18,20-23,25,27-29,31,33-70H2,1-3H3/b10-7-,19-16-,26-24-,32-30-. The van der Waals surface area contributed by atoms with Crippen LogP contribution in [0.2, 0.25) is 0 Å². The molecule has 6 heteroatoms. The predicted octanol–water partition coefficient (Wildman–Crippen LogP) is 24.5. The topological polar surface area (TPSA) is 78.9 Å². The predicted molar refractivity (Wildman–Crippen MR) is 349 cm³/mol. The summed E-state index contributed by atoms with van der Waals surface area (Å²) < 4.78 is 17.0. The van der Waals surface area contributed by atoms with Crippen LogP contribution in [0.3, 0.4) is 0 Å². The van der Waals surface area contributed by atoms with E-state index >= 15 is 0 Å². The maximum atomic E-state index is 12.9. The summed E-state index contributed by atoms with van der Waals surface area (Å²) in [6, 6.07) is 0. The molecule has 0 rings (SSSR count). The van der Waals surface area contributed by atoms with Crippen LogP contribution in [-0.2, 0) is 28.6 Å². The Bertz CT molecular complexity index is 1380. The molecule has 0 aliphatic rings. The van der Waals surface area contributed by atoms with E-state index in [1.165, 1.54) is 263 Å². The monoisotopic (exact) mass is 1120 g/mol. The van der Waals surface area contributed by atoms with E-state index in [1.54, 1.807) is 0 Å². The molecule has 1 atom stereocenters. The minimum absolute atomic E-state index is 0.0666. The lowest BCUT2D eigenvalue weighted by atomic mass is 10.0. The van der Waals surface area contributed by atoms with Crippen molar-refractivity contribution in [3.63, 3.8) is 0 Å². The first-order valence-electron chi connectivity index (χ1n) is 35.6. The Morgan fingerprint density at radius 2 is 0.487 bits per heavy atom. The Balaban J connectivity index is 4.14. The zero-order chi connectivity index (χ0) is 57.8. The molecule has 1 unspecified atom stereocenters. The Morgan fingerprint density at radius 1 is 0.263 bits per heavy atom. The van der Waals surface area contributed by atoms with Crippen LogP contribution < -0.4 is 0 Å². The van der Waals surface area contributed by atoms with Gasteiger partial charge in [-0.05, 0) is 57.8 Å². The van der Waals surface area contributed by atoms with E-state index in [1.807, 2.05) is 0 Å². The lowest BCUT2D eigenvalue weighted by Crippen LogP contribution is -2.30. The van der Waals surface area contributed by atoms with Gasteiger partial charge in [0.15, 0.2) is 6.10 Å². The SMILES string of the molecule is CC/C=C\C/C=C\C/C=C\C/C=C\CCCCCCCCCCCCCCCCC(=O)OCC(COC(=O)CCCCCCCCCCCC)OC(=O)CCCCCCCCCCCCCCCCCCCCCCCCCCC. The van der Waals surface area contributed by atoms with Crippen molar-refractivity contribution in [3.05, 3.63) is 48.6 Å². The fourth-order valence-corrected chi connectivity index (χ4v) is 10.8. The minimum atomic E-state index is -0.769. The normalized spacial score (nSPS) is 12.3. The summed E-state index contributed by atoms with van der Waals surface area (Å²) in [7, 11) is 0. The van der Waals surface area contributed by atoms with Gasteiger partial charge in [0.05, 0.1) is 0 Å². The molecule has 0 saturated heterocycles. The molecule has 0 aromatic rings. The number of esters is 3. The summed E-state index contributed by atoms with van der Waals surface area (Å²) in [5, 5.41) is 0. The number of allylic oxidation sites excluding steroid dienone is 8. The van der Waals surface area contributed by atoms with Crippen molar-refractivity contribution >= 4 is 17.9 Å². The highest BCUT2D eigenvalue weighted by atomic mass is 16.6. The molecular formula is C74H136O6. The van der Waals surface area contributed by atoms with Gasteiger partial charge in [0.2, 0.25) is 0 Å². The van der Waals surface area contributed by atoms with Gasteiger partial charge in [0.25, 0.3) is 0 Å². The van der Waals surface area contributed by atoms with E-state index in [-0.39, 0.29) is 31.1 Å². The molecule has 0 heterocycles. The molecule has 0 aliphatic heterocycles.